The van der Waals surface area contributed by atoms with Crippen molar-refractivity contribution in [2.24, 2.45) is 0 Å². The predicted octanol–water partition coefficient (Wildman–Crippen LogP) is 4.87. The van der Waals surface area contributed by atoms with Crippen molar-refractivity contribution in [1.29, 1.82) is 0 Å². The zero-order valence-corrected chi connectivity index (χ0v) is 12.1. The van der Waals surface area contributed by atoms with Crippen LogP contribution in [0.2, 0.25) is 10.2 Å². The molecule has 0 atom stereocenters. The Balaban J connectivity index is 2.13. The summed E-state index contributed by atoms with van der Waals surface area (Å²) in [6.45, 7) is 0.121. The van der Waals surface area contributed by atoms with Crippen LogP contribution in [-0.2, 0) is 6.61 Å². The van der Waals surface area contributed by atoms with Gasteiger partial charge in [0.2, 0.25) is 0 Å². The lowest BCUT2D eigenvalue weighted by atomic mass is 10.3. The van der Waals surface area contributed by atoms with Gasteiger partial charge >= 0.3 is 0 Å². The molecule has 1 aromatic heterocycles. The Kier molecular flexibility index (Phi) is 4.43. The summed E-state index contributed by atoms with van der Waals surface area (Å²) in [6.07, 6.45) is 1.50. The maximum Gasteiger partial charge on any atom is 0.165 e. The number of nitrogens with zero attached hydrogens (tertiary/aromatic N) is 1. The van der Waals surface area contributed by atoms with Gasteiger partial charge in [-0.1, -0.05) is 39.1 Å². The Morgan fingerprint density at radius 1 is 1.28 bits per heavy atom. The minimum Gasteiger partial charge on any atom is -0.486 e. The molecule has 0 N–H and O–H groups in total. The summed E-state index contributed by atoms with van der Waals surface area (Å²) in [5.41, 5.74) is 0.639. The molecule has 94 valence electrons. The summed E-state index contributed by atoms with van der Waals surface area (Å²) in [6, 6.07) is 5.98. The van der Waals surface area contributed by atoms with Gasteiger partial charge in [0.05, 0.1) is 5.02 Å². The normalized spacial score (nSPS) is 10.4. The first-order valence-electron chi connectivity index (χ1n) is 4.94. The fraction of sp³-hybridized carbons (Fsp3) is 0.0833. The van der Waals surface area contributed by atoms with Crippen LogP contribution in [0.4, 0.5) is 4.39 Å². The van der Waals surface area contributed by atoms with Gasteiger partial charge in [0.25, 0.3) is 0 Å². The Morgan fingerprint density at radius 3 is 2.78 bits per heavy atom. The Morgan fingerprint density at radius 2 is 2.06 bits per heavy atom. The molecule has 0 saturated heterocycles. The van der Waals surface area contributed by atoms with Crippen LogP contribution in [0.25, 0.3) is 0 Å². The number of aromatic nitrogens is 1. The SMILES string of the molecule is Fc1ccc(Br)cc1OCc1cnc(Cl)cc1Cl. The highest BCUT2D eigenvalue weighted by molar-refractivity contribution is 9.10. The number of pyridine rings is 1. The first-order chi connectivity index (χ1) is 8.56. The first kappa shape index (κ1) is 13.6. The lowest BCUT2D eigenvalue weighted by molar-refractivity contribution is 0.290. The maximum absolute atomic E-state index is 13.4. The van der Waals surface area contributed by atoms with Crippen LogP contribution in [0.15, 0.2) is 34.9 Å². The number of hydrogen-bond donors (Lipinski definition) is 0. The molecule has 0 unspecified atom stereocenters. The van der Waals surface area contributed by atoms with Crippen LogP contribution in [0.3, 0.4) is 0 Å². The first-order valence-corrected chi connectivity index (χ1v) is 6.49. The molecule has 0 bridgehead atoms. The summed E-state index contributed by atoms with van der Waals surface area (Å²) < 4.78 is 19.5. The van der Waals surface area contributed by atoms with Crippen LogP contribution in [0.5, 0.6) is 5.75 Å². The Labute approximate surface area is 122 Å². The second-order valence-corrected chi connectivity index (χ2v) is 5.17. The molecular formula is C12H7BrCl2FNO. The maximum atomic E-state index is 13.4. The molecule has 0 fully saturated rings. The molecule has 0 aliphatic rings. The molecule has 1 aromatic carbocycles. The highest BCUT2D eigenvalue weighted by atomic mass is 79.9. The van der Waals surface area contributed by atoms with Gasteiger partial charge in [-0.25, -0.2) is 9.37 Å². The van der Waals surface area contributed by atoms with E-state index in [1.54, 1.807) is 12.1 Å². The smallest absolute Gasteiger partial charge is 0.165 e. The number of benzene rings is 1. The molecule has 0 radical (unpaired) electrons. The van der Waals surface area contributed by atoms with Crippen LogP contribution in [0, 0.1) is 5.82 Å². The van der Waals surface area contributed by atoms with E-state index in [-0.39, 0.29) is 12.4 Å². The summed E-state index contributed by atoms with van der Waals surface area (Å²) in [7, 11) is 0. The summed E-state index contributed by atoms with van der Waals surface area (Å²) in [4.78, 5) is 3.89. The van der Waals surface area contributed by atoms with E-state index in [1.807, 2.05) is 0 Å². The van der Waals surface area contributed by atoms with Gasteiger partial charge in [0, 0.05) is 16.2 Å². The third-order valence-corrected chi connectivity index (χ3v) is 3.22. The standard InChI is InChI=1S/C12H7BrCl2FNO/c13-8-1-2-10(16)11(3-8)18-6-7-5-17-12(15)4-9(7)14/h1-5H,6H2. The third-order valence-electron chi connectivity index (χ3n) is 2.17. The lowest BCUT2D eigenvalue weighted by Crippen LogP contribution is -1.99. The second-order valence-electron chi connectivity index (χ2n) is 3.46. The minimum atomic E-state index is -0.434. The molecule has 2 rings (SSSR count). The van der Waals surface area contributed by atoms with Crippen molar-refractivity contribution in [3.05, 3.63) is 56.5 Å². The van der Waals surface area contributed by atoms with Crippen molar-refractivity contribution < 1.29 is 9.13 Å². The van der Waals surface area contributed by atoms with Gasteiger partial charge in [-0.3, -0.25) is 0 Å². The van der Waals surface area contributed by atoms with E-state index < -0.39 is 5.82 Å². The van der Waals surface area contributed by atoms with Crippen LogP contribution in [-0.4, -0.2) is 4.98 Å². The van der Waals surface area contributed by atoms with Gasteiger partial charge in [-0.15, -0.1) is 0 Å². The Bertz CT molecular complexity index is 580. The fourth-order valence-corrected chi connectivity index (χ4v) is 2.05. The van der Waals surface area contributed by atoms with Gasteiger partial charge in [0.15, 0.2) is 11.6 Å². The number of ether oxygens (including phenoxy) is 1. The highest BCUT2D eigenvalue weighted by Gasteiger charge is 2.07. The number of rotatable bonds is 3. The van der Waals surface area contributed by atoms with Crippen molar-refractivity contribution >= 4 is 39.1 Å². The predicted molar refractivity (Wildman–Crippen MR) is 72.7 cm³/mol. The largest absolute Gasteiger partial charge is 0.486 e. The van der Waals surface area contributed by atoms with E-state index >= 15 is 0 Å². The zero-order chi connectivity index (χ0) is 13.1. The molecule has 0 aliphatic heterocycles. The molecule has 0 saturated carbocycles. The van der Waals surface area contributed by atoms with Crippen LogP contribution >= 0.6 is 39.1 Å². The number of hydrogen-bond acceptors (Lipinski definition) is 2. The Hall–Kier alpha value is -0.840. The van der Waals surface area contributed by atoms with Crippen molar-refractivity contribution in [2.45, 2.75) is 6.61 Å². The molecule has 2 nitrogen and oxygen atoms in total. The van der Waals surface area contributed by atoms with Crippen LogP contribution in [0.1, 0.15) is 5.56 Å². The molecule has 0 spiro atoms. The molecule has 2 aromatic rings. The molecular weight excluding hydrogens is 344 g/mol. The van der Waals surface area contributed by atoms with Crippen molar-refractivity contribution in [3.63, 3.8) is 0 Å². The molecule has 18 heavy (non-hydrogen) atoms. The fourth-order valence-electron chi connectivity index (χ4n) is 1.29. The molecule has 0 amide bonds. The van der Waals surface area contributed by atoms with E-state index in [9.17, 15) is 4.39 Å². The monoisotopic (exact) mass is 349 g/mol. The van der Waals surface area contributed by atoms with Crippen molar-refractivity contribution in [2.75, 3.05) is 0 Å². The van der Waals surface area contributed by atoms with E-state index in [4.69, 9.17) is 27.9 Å². The number of halogens is 4. The second kappa shape index (κ2) is 5.87. The lowest BCUT2D eigenvalue weighted by Gasteiger charge is -2.08. The van der Waals surface area contributed by atoms with Gasteiger partial charge in [-0.2, -0.15) is 0 Å². The average Bonchev–Trinajstić information content (AvgIpc) is 2.32. The summed E-state index contributed by atoms with van der Waals surface area (Å²) >= 11 is 14.9. The van der Waals surface area contributed by atoms with E-state index in [0.717, 1.165) is 4.47 Å². The molecule has 6 heteroatoms. The summed E-state index contributed by atoms with van der Waals surface area (Å²) in [5.74, 6) is -0.286. The topological polar surface area (TPSA) is 22.1 Å². The molecule has 0 aliphatic carbocycles. The van der Waals surface area contributed by atoms with E-state index in [2.05, 4.69) is 20.9 Å². The summed E-state index contributed by atoms with van der Waals surface area (Å²) in [5, 5.41) is 0.739. The van der Waals surface area contributed by atoms with Gasteiger partial charge < -0.3 is 4.74 Å². The van der Waals surface area contributed by atoms with Gasteiger partial charge in [-0.05, 0) is 24.3 Å². The average molecular weight is 351 g/mol. The minimum absolute atomic E-state index is 0.121. The highest BCUT2D eigenvalue weighted by Crippen LogP contribution is 2.25. The van der Waals surface area contributed by atoms with E-state index in [1.165, 1.54) is 18.3 Å². The van der Waals surface area contributed by atoms with Crippen molar-refractivity contribution in [3.8, 4) is 5.75 Å². The quantitative estimate of drug-likeness (QED) is 0.737. The molecule has 1 heterocycles. The van der Waals surface area contributed by atoms with Crippen molar-refractivity contribution in [1.82, 2.24) is 4.98 Å². The third kappa shape index (κ3) is 3.34. The van der Waals surface area contributed by atoms with Gasteiger partial charge in [0.1, 0.15) is 11.8 Å². The zero-order valence-electron chi connectivity index (χ0n) is 8.96. The van der Waals surface area contributed by atoms with E-state index in [0.29, 0.717) is 15.7 Å². The van der Waals surface area contributed by atoms with Crippen LogP contribution < -0.4 is 4.74 Å².